The van der Waals surface area contributed by atoms with Crippen molar-refractivity contribution in [2.75, 3.05) is 32.8 Å². The number of hydrogen-bond donors (Lipinski definition) is 0. The number of carbonyl (C=O) groups is 1. The van der Waals surface area contributed by atoms with Gasteiger partial charge in [-0.15, -0.1) is 0 Å². The second-order valence-electron chi connectivity index (χ2n) is 7.73. The first-order valence-electron chi connectivity index (χ1n) is 9.39. The highest BCUT2D eigenvalue weighted by Gasteiger charge is 2.43. The summed E-state index contributed by atoms with van der Waals surface area (Å²) in [6.45, 7) is 4.20. The Kier molecular flexibility index (Phi) is 3.61. The first-order chi connectivity index (χ1) is 12.2. The number of ether oxygens (including phenoxy) is 1. The summed E-state index contributed by atoms with van der Waals surface area (Å²) in [6.07, 6.45) is 2.69. The Labute approximate surface area is 148 Å². The van der Waals surface area contributed by atoms with E-state index in [0.29, 0.717) is 12.1 Å². The average molecular weight is 339 g/mol. The van der Waals surface area contributed by atoms with Crippen molar-refractivity contribution in [3.8, 4) is 0 Å². The van der Waals surface area contributed by atoms with Crippen LogP contribution in [-0.2, 0) is 11.8 Å². The Morgan fingerprint density at radius 3 is 2.80 bits per heavy atom. The molecule has 2 atom stereocenters. The van der Waals surface area contributed by atoms with Gasteiger partial charge in [-0.3, -0.25) is 9.69 Å². The minimum atomic E-state index is 0.145. The molecular formula is C20H25N3O2. The van der Waals surface area contributed by atoms with Crippen molar-refractivity contribution in [2.45, 2.75) is 24.9 Å². The molecule has 5 heteroatoms. The van der Waals surface area contributed by atoms with Crippen molar-refractivity contribution in [2.24, 2.45) is 13.0 Å². The Balaban J connectivity index is 1.37. The number of benzene rings is 1. The maximum atomic E-state index is 13.1. The van der Waals surface area contributed by atoms with Crippen LogP contribution in [0.1, 0.15) is 23.3 Å². The van der Waals surface area contributed by atoms with E-state index in [0.717, 1.165) is 55.4 Å². The monoisotopic (exact) mass is 339 g/mol. The lowest BCUT2D eigenvalue weighted by atomic mass is 10.0. The predicted molar refractivity (Wildman–Crippen MR) is 96.6 cm³/mol. The van der Waals surface area contributed by atoms with Gasteiger partial charge in [0.25, 0.3) is 5.91 Å². The van der Waals surface area contributed by atoms with E-state index in [9.17, 15) is 4.79 Å². The van der Waals surface area contributed by atoms with Gasteiger partial charge >= 0.3 is 0 Å². The summed E-state index contributed by atoms with van der Waals surface area (Å²) in [5, 5.41) is 1.13. The van der Waals surface area contributed by atoms with E-state index in [1.54, 1.807) is 0 Å². The number of aromatic nitrogens is 1. The number of para-hydroxylation sites is 1. The van der Waals surface area contributed by atoms with Gasteiger partial charge in [-0.25, -0.2) is 0 Å². The molecule has 1 saturated carbocycles. The smallest absolute Gasteiger partial charge is 0.270 e. The number of amides is 1. The molecule has 2 aromatic rings. The summed E-state index contributed by atoms with van der Waals surface area (Å²) >= 11 is 0. The second-order valence-corrected chi connectivity index (χ2v) is 7.73. The summed E-state index contributed by atoms with van der Waals surface area (Å²) < 4.78 is 7.90. The van der Waals surface area contributed by atoms with E-state index >= 15 is 0 Å². The fourth-order valence-electron chi connectivity index (χ4n) is 4.60. The zero-order valence-corrected chi connectivity index (χ0v) is 14.7. The molecule has 0 N–H and O–H groups in total. The molecule has 132 valence electrons. The van der Waals surface area contributed by atoms with Crippen molar-refractivity contribution in [1.82, 2.24) is 14.4 Å². The third kappa shape index (κ3) is 2.57. The van der Waals surface area contributed by atoms with Gasteiger partial charge in [0, 0.05) is 43.6 Å². The van der Waals surface area contributed by atoms with E-state index < -0.39 is 0 Å². The Bertz CT molecular complexity index is 810. The van der Waals surface area contributed by atoms with E-state index in [1.807, 2.05) is 34.7 Å². The molecule has 1 amide bonds. The molecule has 5 rings (SSSR count). The standard InChI is InChI=1S/C20H25N3O2/c1-21-17-5-3-2-4-15(17)10-18(21)20(24)22-8-9-23-16(11-22)12-25-13-19(23)14-6-7-14/h2-5,10,14,16,19H,6-9,11-13H2,1H3/t16-,19-/m1/s1. The molecule has 3 aliphatic rings. The zero-order valence-electron chi connectivity index (χ0n) is 14.7. The van der Waals surface area contributed by atoms with E-state index in [2.05, 4.69) is 17.0 Å². The predicted octanol–water partition coefficient (Wildman–Crippen LogP) is 2.11. The van der Waals surface area contributed by atoms with Gasteiger partial charge in [-0.2, -0.15) is 0 Å². The maximum absolute atomic E-state index is 13.1. The van der Waals surface area contributed by atoms with Crippen LogP contribution in [-0.4, -0.2) is 65.2 Å². The SMILES string of the molecule is Cn1c(C(=O)N2CCN3[C@@H](COC[C@@H]3C3CC3)C2)cc2ccccc21. The quantitative estimate of drug-likeness (QED) is 0.841. The summed E-state index contributed by atoms with van der Waals surface area (Å²) in [4.78, 5) is 17.8. The third-order valence-electron chi connectivity index (χ3n) is 6.18. The number of piperazine rings is 1. The van der Waals surface area contributed by atoms with Gasteiger partial charge in [0.05, 0.1) is 19.3 Å². The van der Waals surface area contributed by atoms with Crippen molar-refractivity contribution < 1.29 is 9.53 Å². The van der Waals surface area contributed by atoms with Crippen LogP contribution < -0.4 is 0 Å². The molecule has 1 aromatic heterocycles. The number of hydrogen-bond acceptors (Lipinski definition) is 3. The average Bonchev–Trinajstić information content (AvgIpc) is 3.44. The number of morpholine rings is 1. The number of rotatable bonds is 2. The van der Waals surface area contributed by atoms with E-state index in [1.165, 1.54) is 12.8 Å². The maximum Gasteiger partial charge on any atom is 0.270 e. The van der Waals surface area contributed by atoms with Gasteiger partial charge < -0.3 is 14.2 Å². The van der Waals surface area contributed by atoms with Crippen LogP contribution in [0.3, 0.4) is 0 Å². The van der Waals surface area contributed by atoms with Crippen molar-refractivity contribution in [1.29, 1.82) is 0 Å². The minimum Gasteiger partial charge on any atom is -0.378 e. The zero-order chi connectivity index (χ0) is 17.0. The summed E-state index contributed by atoms with van der Waals surface area (Å²) in [5.74, 6) is 0.968. The molecule has 5 nitrogen and oxygen atoms in total. The number of aryl methyl sites for hydroxylation is 1. The normalized spacial score (nSPS) is 27.5. The molecule has 1 aliphatic carbocycles. The van der Waals surface area contributed by atoms with Crippen LogP contribution in [0.4, 0.5) is 0 Å². The highest BCUT2D eigenvalue weighted by molar-refractivity contribution is 5.98. The molecule has 3 fully saturated rings. The lowest BCUT2D eigenvalue weighted by Gasteiger charge is -2.48. The van der Waals surface area contributed by atoms with Gasteiger partial charge in [-0.05, 0) is 30.9 Å². The number of fused-ring (bicyclic) bond motifs is 2. The Morgan fingerprint density at radius 2 is 2.00 bits per heavy atom. The van der Waals surface area contributed by atoms with Crippen LogP contribution >= 0.6 is 0 Å². The second kappa shape index (κ2) is 5.85. The minimum absolute atomic E-state index is 0.145. The molecule has 2 aliphatic heterocycles. The number of nitrogens with zero attached hydrogens (tertiary/aromatic N) is 3. The number of carbonyl (C=O) groups excluding carboxylic acids is 1. The molecule has 0 spiro atoms. The Morgan fingerprint density at radius 1 is 1.16 bits per heavy atom. The molecular weight excluding hydrogens is 314 g/mol. The van der Waals surface area contributed by atoms with Gasteiger partial charge in [0.2, 0.25) is 0 Å². The first-order valence-corrected chi connectivity index (χ1v) is 9.39. The summed E-state index contributed by atoms with van der Waals surface area (Å²) in [5.41, 5.74) is 1.89. The molecule has 0 unspecified atom stereocenters. The summed E-state index contributed by atoms with van der Waals surface area (Å²) in [6, 6.07) is 11.1. The van der Waals surface area contributed by atoms with Crippen LogP contribution in [0.15, 0.2) is 30.3 Å². The lowest BCUT2D eigenvalue weighted by Crippen LogP contribution is -2.63. The van der Waals surface area contributed by atoms with Gasteiger partial charge in [0.1, 0.15) is 5.69 Å². The molecule has 1 aromatic carbocycles. The van der Waals surface area contributed by atoms with Crippen LogP contribution in [0.5, 0.6) is 0 Å². The summed E-state index contributed by atoms with van der Waals surface area (Å²) in [7, 11) is 1.98. The van der Waals surface area contributed by atoms with E-state index in [4.69, 9.17) is 4.74 Å². The van der Waals surface area contributed by atoms with Crippen LogP contribution in [0, 0.1) is 5.92 Å². The Hall–Kier alpha value is -1.85. The van der Waals surface area contributed by atoms with Crippen LogP contribution in [0.25, 0.3) is 10.9 Å². The van der Waals surface area contributed by atoms with Crippen molar-refractivity contribution in [3.05, 3.63) is 36.0 Å². The van der Waals surface area contributed by atoms with Crippen molar-refractivity contribution >= 4 is 16.8 Å². The molecule has 2 saturated heterocycles. The fourth-order valence-corrected chi connectivity index (χ4v) is 4.60. The molecule has 25 heavy (non-hydrogen) atoms. The molecule has 0 radical (unpaired) electrons. The highest BCUT2D eigenvalue weighted by atomic mass is 16.5. The van der Waals surface area contributed by atoms with Gasteiger partial charge in [-0.1, -0.05) is 18.2 Å². The van der Waals surface area contributed by atoms with Crippen molar-refractivity contribution in [3.63, 3.8) is 0 Å². The first kappa shape index (κ1) is 15.4. The fraction of sp³-hybridized carbons (Fsp3) is 0.550. The van der Waals surface area contributed by atoms with E-state index in [-0.39, 0.29) is 5.91 Å². The topological polar surface area (TPSA) is 37.7 Å². The highest BCUT2D eigenvalue weighted by Crippen LogP contribution is 2.38. The third-order valence-corrected chi connectivity index (χ3v) is 6.18. The molecule has 0 bridgehead atoms. The van der Waals surface area contributed by atoms with Crippen LogP contribution in [0.2, 0.25) is 0 Å². The largest absolute Gasteiger partial charge is 0.378 e. The van der Waals surface area contributed by atoms with Gasteiger partial charge in [0.15, 0.2) is 0 Å². The molecule has 3 heterocycles. The lowest BCUT2D eigenvalue weighted by molar-refractivity contribution is -0.0817.